The van der Waals surface area contributed by atoms with Crippen molar-refractivity contribution < 1.29 is 4.73 Å². The number of hydrogen-bond acceptors (Lipinski definition) is 2. The van der Waals surface area contributed by atoms with Gasteiger partial charge in [0.05, 0.1) is 0 Å². The van der Waals surface area contributed by atoms with Crippen molar-refractivity contribution in [2.24, 2.45) is 0 Å². The second kappa shape index (κ2) is 10.6. The molecule has 3 heteroatoms. The monoisotopic (exact) mass is 386 g/mol. The van der Waals surface area contributed by atoms with Crippen LogP contribution in [-0.4, -0.2) is 4.98 Å². The van der Waals surface area contributed by atoms with E-state index in [0.717, 1.165) is 10.3 Å². The van der Waals surface area contributed by atoms with Gasteiger partial charge in [0.2, 0.25) is 0 Å². The minimum atomic E-state index is 0.0629. The molecule has 0 aromatic carbocycles. The zero-order valence-electron chi connectivity index (χ0n) is 20.1. The van der Waals surface area contributed by atoms with Crippen molar-refractivity contribution in [3.05, 3.63) is 64.9 Å². The Morgan fingerprint density at radius 1 is 0.821 bits per heavy atom. The molecule has 0 aliphatic rings. The molecule has 0 fully saturated rings. The highest BCUT2D eigenvalue weighted by Gasteiger charge is 2.25. The van der Waals surface area contributed by atoms with Crippen LogP contribution >= 0.6 is 0 Å². The normalized spacial score (nSPS) is 11.7. The van der Waals surface area contributed by atoms with Crippen LogP contribution in [0.25, 0.3) is 0 Å². The van der Waals surface area contributed by atoms with E-state index in [4.69, 9.17) is 0 Å². The molecule has 0 aliphatic carbocycles. The van der Waals surface area contributed by atoms with Crippen LogP contribution in [0, 0.1) is 5.21 Å². The molecule has 0 saturated carbocycles. The Hall–Kier alpha value is -1.90. The quantitative estimate of drug-likeness (QED) is 0.373. The minimum absolute atomic E-state index is 0.0629. The summed E-state index contributed by atoms with van der Waals surface area (Å²) in [7, 11) is 0. The molecular formula is C25H42N2O. The number of pyridine rings is 2. The summed E-state index contributed by atoms with van der Waals surface area (Å²) in [4.78, 5) is 4.52. The van der Waals surface area contributed by atoms with E-state index in [1.165, 1.54) is 23.9 Å². The smallest absolute Gasteiger partial charge is 0.184 e. The van der Waals surface area contributed by atoms with E-state index in [2.05, 4.69) is 87.2 Å². The topological polar surface area (TPSA) is 39.8 Å². The van der Waals surface area contributed by atoms with E-state index in [1.807, 2.05) is 18.3 Å². The van der Waals surface area contributed by atoms with E-state index in [1.54, 1.807) is 12.3 Å². The standard InChI is InChI=1S/C13H21N.C9H13NO.C3H8/c1-12(2,3)10-8-7-9-14-11(10)13(4,5)6;1-9(2,3)8-5-4-6-10(11)7-8;1-3-2/h7-9H,1-6H3;4-7H,1-3H3;3H2,1-2H3. The van der Waals surface area contributed by atoms with Gasteiger partial charge in [0.15, 0.2) is 12.4 Å². The number of nitrogens with zero attached hydrogens (tertiary/aromatic N) is 2. The first-order valence-electron chi connectivity index (χ1n) is 10.3. The molecule has 2 heterocycles. The van der Waals surface area contributed by atoms with Crippen molar-refractivity contribution >= 4 is 0 Å². The molecular weight excluding hydrogens is 344 g/mol. The molecule has 0 amide bonds. The highest BCUT2D eigenvalue weighted by atomic mass is 16.5. The van der Waals surface area contributed by atoms with Crippen molar-refractivity contribution in [1.29, 1.82) is 0 Å². The summed E-state index contributed by atoms with van der Waals surface area (Å²) in [6.07, 6.45) is 6.24. The summed E-state index contributed by atoms with van der Waals surface area (Å²) in [5.74, 6) is 0. The van der Waals surface area contributed by atoms with Crippen molar-refractivity contribution in [3.63, 3.8) is 0 Å². The molecule has 0 aliphatic heterocycles. The third kappa shape index (κ3) is 9.34. The fraction of sp³-hybridized carbons (Fsp3) is 0.600. The van der Waals surface area contributed by atoms with Gasteiger partial charge in [-0.1, -0.05) is 88.6 Å². The Morgan fingerprint density at radius 3 is 1.68 bits per heavy atom. The Kier molecular flexibility index (Phi) is 9.87. The van der Waals surface area contributed by atoms with Gasteiger partial charge in [-0.05, 0) is 28.5 Å². The van der Waals surface area contributed by atoms with Crippen LogP contribution in [0.3, 0.4) is 0 Å². The Balaban J connectivity index is 0.000000466. The van der Waals surface area contributed by atoms with Crippen LogP contribution in [0.5, 0.6) is 0 Å². The van der Waals surface area contributed by atoms with Gasteiger partial charge in [-0.2, -0.15) is 4.73 Å². The molecule has 2 aromatic heterocycles. The predicted octanol–water partition coefficient (Wildman–Crippen LogP) is 6.71. The molecule has 2 rings (SSSR count). The second-order valence-corrected chi connectivity index (χ2v) is 10.3. The van der Waals surface area contributed by atoms with Crippen molar-refractivity contribution in [3.8, 4) is 0 Å². The van der Waals surface area contributed by atoms with Gasteiger partial charge < -0.3 is 5.21 Å². The van der Waals surface area contributed by atoms with Crippen LogP contribution < -0.4 is 4.73 Å². The first-order chi connectivity index (χ1) is 12.6. The molecule has 0 saturated heterocycles. The van der Waals surface area contributed by atoms with Crippen molar-refractivity contribution in [1.82, 2.24) is 4.98 Å². The molecule has 0 bridgehead atoms. The van der Waals surface area contributed by atoms with E-state index < -0.39 is 0 Å². The van der Waals surface area contributed by atoms with Gasteiger partial charge in [0.1, 0.15) is 0 Å². The Morgan fingerprint density at radius 2 is 1.36 bits per heavy atom. The molecule has 158 valence electrons. The third-order valence-electron chi connectivity index (χ3n) is 3.97. The van der Waals surface area contributed by atoms with Crippen LogP contribution in [-0.2, 0) is 16.2 Å². The van der Waals surface area contributed by atoms with Crippen LogP contribution in [0.2, 0.25) is 0 Å². The molecule has 0 unspecified atom stereocenters. The maximum absolute atomic E-state index is 10.9. The second-order valence-electron chi connectivity index (χ2n) is 10.3. The van der Waals surface area contributed by atoms with Crippen LogP contribution in [0.15, 0.2) is 42.9 Å². The van der Waals surface area contributed by atoms with Crippen LogP contribution in [0.1, 0.15) is 99.4 Å². The fourth-order valence-electron chi connectivity index (χ4n) is 2.51. The molecule has 0 spiro atoms. The third-order valence-corrected chi connectivity index (χ3v) is 3.97. The van der Waals surface area contributed by atoms with E-state index in [0.29, 0.717) is 0 Å². The van der Waals surface area contributed by atoms with E-state index in [-0.39, 0.29) is 16.2 Å². The maximum Gasteiger partial charge on any atom is 0.184 e. The average molecular weight is 387 g/mol. The van der Waals surface area contributed by atoms with Crippen molar-refractivity contribution in [2.45, 2.75) is 98.8 Å². The highest BCUT2D eigenvalue weighted by Crippen LogP contribution is 2.31. The molecule has 0 atom stereocenters. The summed E-state index contributed by atoms with van der Waals surface area (Å²) in [6.45, 7) is 23.9. The fourth-order valence-corrected chi connectivity index (χ4v) is 2.51. The minimum Gasteiger partial charge on any atom is -0.619 e. The number of rotatable bonds is 0. The first kappa shape index (κ1) is 26.1. The summed E-state index contributed by atoms with van der Waals surface area (Å²) in [5.41, 5.74) is 4.00. The lowest BCUT2D eigenvalue weighted by Crippen LogP contribution is -2.27. The summed E-state index contributed by atoms with van der Waals surface area (Å²) in [5, 5.41) is 10.9. The van der Waals surface area contributed by atoms with Gasteiger partial charge >= 0.3 is 0 Å². The lowest BCUT2D eigenvalue weighted by molar-refractivity contribution is -0.606. The summed E-state index contributed by atoms with van der Waals surface area (Å²) < 4.78 is 0.834. The highest BCUT2D eigenvalue weighted by molar-refractivity contribution is 5.31. The molecule has 3 nitrogen and oxygen atoms in total. The first-order valence-corrected chi connectivity index (χ1v) is 10.3. The van der Waals surface area contributed by atoms with Gasteiger partial charge in [0.25, 0.3) is 0 Å². The van der Waals surface area contributed by atoms with Gasteiger partial charge in [-0.3, -0.25) is 4.98 Å². The lowest BCUT2D eigenvalue weighted by Gasteiger charge is -2.28. The zero-order valence-corrected chi connectivity index (χ0v) is 20.1. The molecule has 28 heavy (non-hydrogen) atoms. The number of hydrogen-bond donors (Lipinski definition) is 0. The predicted molar refractivity (Wildman–Crippen MR) is 122 cm³/mol. The van der Waals surface area contributed by atoms with Crippen molar-refractivity contribution in [2.75, 3.05) is 0 Å². The largest absolute Gasteiger partial charge is 0.619 e. The number of aromatic nitrogens is 2. The zero-order chi connectivity index (χ0) is 22.2. The SMILES string of the molecule is CC(C)(C)c1ccc[n+]([O-])c1.CC(C)(C)c1cccnc1C(C)(C)C.CCC. The van der Waals surface area contributed by atoms with E-state index in [9.17, 15) is 5.21 Å². The Labute approximate surface area is 173 Å². The maximum atomic E-state index is 10.9. The van der Waals surface area contributed by atoms with E-state index >= 15 is 0 Å². The average Bonchev–Trinajstić information content (AvgIpc) is 2.54. The molecule has 0 radical (unpaired) electrons. The summed E-state index contributed by atoms with van der Waals surface area (Å²) in [6, 6.07) is 7.95. The lowest BCUT2D eigenvalue weighted by atomic mass is 9.78. The van der Waals surface area contributed by atoms with Gasteiger partial charge in [0, 0.05) is 28.9 Å². The molecule has 2 aromatic rings. The van der Waals surface area contributed by atoms with Gasteiger partial charge in [-0.25, -0.2) is 0 Å². The Bertz CT molecular complexity index is 668. The summed E-state index contributed by atoms with van der Waals surface area (Å²) >= 11 is 0. The van der Waals surface area contributed by atoms with Crippen LogP contribution in [0.4, 0.5) is 0 Å². The van der Waals surface area contributed by atoms with Gasteiger partial charge in [-0.15, -0.1) is 0 Å². The molecule has 0 N–H and O–H groups in total.